The van der Waals surface area contributed by atoms with Gasteiger partial charge in [0.05, 0.1) is 5.56 Å². The van der Waals surface area contributed by atoms with Crippen LogP contribution in [-0.2, 0) is 17.8 Å². The quantitative estimate of drug-likeness (QED) is 0.719. The first kappa shape index (κ1) is 22.8. The molecule has 7 heteroatoms. The van der Waals surface area contributed by atoms with Gasteiger partial charge in [0.25, 0.3) is 5.91 Å². The van der Waals surface area contributed by atoms with E-state index in [0.29, 0.717) is 36.6 Å². The lowest BCUT2D eigenvalue weighted by Crippen LogP contribution is -2.36. The molecule has 0 saturated carbocycles. The number of phenols is 1. The third kappa shape index (κ3) is 5.09. The Morgan fingerprint density at radius 3 is 2.61 bits per heavy atom. The molecule has 0 unspecified atom stereocenters. The van der Waals surface area contributed by atoms with Crippen LogP contribution in [-0.4, -0.2) is 61.0 Å². The summed E-state index contributed by atoms with van der Waals surface area (Å²) in [6.07, 6.45) is 4.11. The number of fused-ring (bicyclic) bond motifs is 1. The van der Waals surface area contributed by atoms with Crippen molar-refractivity contribution in [1.29, 1.82) is 0 Å². The normalized spacial score (nSPS) is 13.5. The Labute approximate surface area is 188 Å². The number of carbonyl (C=O) groups excluding carboxylic acids is 2. The molecule has 2 aromatic rings. The van der Waals surface area contributed by atoms with Gasteiger partial charge in [0.1, 0.15) is 5.75 Å². The molecule has 1 heterocycles. The van der Waals surface area contributed by atoms with Crippen molar-refractivity contribution in [3.8, 4) is 5.75 Å². The van der Waals surface area contributed by atoms with E-state index in [9.17, 15) is 14.7 Å². The SMILES string of the molecule is Cc1c(Cl)ccc(O)c1C(=O)N1CCc2ccc(N(C)C(=O)/C=C/CN(C)C)cc2C1. The Morgan fingerprint density at radius 1 is 1.16 bits per heavy atom. The van der Waals surface area contributed by atoms with Crippen LogP contribution in [0.2, 0.25) is 5.02 Å². The number of carbonyl (C=O) groups is 2. The van der Waals surface area contributed by atoms with Crippen molar-refractivity contribution in [3.63, 3.8) is 0 Å². The van der Waals surface area contributed by atoms with Gasteiger partial charge in [0, 0.05) is 43.5 Å². The second-order valence-corrected chi connectivity index (χ2v) is 8.47. The third-order valence-electron chi connectivity index (χ3n) is 5.53. The second kappa shape index (κ2) is 9.54. The zero-order valence-electron chi connectivity index (χ0n) is 18.4. The maximum Gasteiger partial charge on any atom is 0.258 e. The highest BCUT2D eigenvalue weighted by atomic mass is 35.5. The van der Waals surface area contributed by atoms with Gasteiger partial charge in [-0.15, -0.1) is 0 Å². The van der Waals surface area contributed by atoms with Crippen LogP contribution in [0.3, 0.4) is 0 Å². The molecule has 2 aromatic carbocycles. The summed E-state index contributed by atoms with van der Waals surface area (Å²) in [5.41, 5.74) is 3.73. The summed E-state index contributed by atoms with van der Waals surface area (Å²) in [6.45, 7) is 3.39. The molecular weight excluding hydrogens is 414 g/mol. The summed E-state index contributed by atoms with van der Waals surface area (Å²) in [7, 11) is 5.63. The van der Waals surface area contributed by atoms with Crippen LogP contribution < -0.4 is 4.90 Å². The van der Waals surface area contributed by atoms with Crippen LogP contribution in [0, 0.1) is 6.92 Å². The third-order valence-corrected chi connectivity index (χ3v) is 5.94. The first-order valence-corrected chi connectivity index (χ1v) is 10.5. The molecule has 1 aliphatic rings. The minimum atomic E-state index is -0.246. The van der Waals surface area contributed by atoms with Crippen molar-refractivity contribution in [2.24, 2.45) is 0 Å². The molecule has 0 spiro atoms. The lowest BCUT2D eigenvalue weighted by atomic mass is 9.97. The molecule has 3 rings (SSSR count). The average molecular weight is 442 g/mol. The van der Waals surface area contributed by atoms with E-state index >= 15 is 0 Å². The Bertz CT molecular complexity index is 1030. The zero-order valence-corrected chi connectivity index (χ0v) is 19.1. The smallest absolute Gasteiger partial charge is 0.258 e. The average Bonchev–Trinajstić information content (AvgIpc) is 2.74. The van der Waals surface area contributed by atoms with Crippen LogP contribution in [0.5, 0.6) is 5.75 Å². The largest absolute Gasteiger partial charge is 0.507 e. The molecule has 164 valence electrons. The molecule has 6 nitrogen and oxygen atoms in total. The van der Waals surface area contributed by atoms with Gasteiger partial charge in [-0.1, -0.05) is 23.7 Å². The van der Waals surface area contributed by atoms with Gasteiger partial charge < -0.3 is 19.8 Å². The Hall–Kier alpha value is -2.83. The lowest BCUT2D eigenvalue weighted by Gasteiger charge is -2.30. The van der Waals surface area contributed by atoms with Crippen LogP contribution in [0.4, 0.5) is 5.69 Å². The first-order chi connectivity index (χ1) is 14.7. The fourth-order valence-electron chi connectivity index (χ4n) is 3.63. The molecular formula is C24H28ClN3O3. The molecule has 0 aliphatic carbocycles. The molecule has 0 bridgehead atoms. The van der Waals surface area contributed by atoms with E-state index in [4.69, 9.17) is 11.6 Å². The van der Waals surface area contributed by atoms with E-state index < -0.39 is 0 Å². The van der Waals surface area contributed by atoms with Gasteiger partial charge in [0.2, 0.25) is 5.91 Å². The van der Waals surface area contributed by atoms with Gasteiger partial charge in [0.15, 0.2) is 0 Å². The topological polar surface area (TPSA) is 64.1 Å². The van der Waals surface area contributed by atoms with Crippen LogP contribution in [0.15, 0.2) is 42.5 Å². The number of hydrogen-bond donors (Lipinski definition) is 1. The number of rotatable bonds is 5. The molecule has 0 atom stereocenters. The zero-order chi connectivity index (χ0) is 22.7. The van der Waals surface area contributed by atoms with Crippen molar-refractivity contribution in [1.82, 2.24) is 9.80 Å². The summed E-state index contributed by atoms with van der Waals surface area (Å²) in [5.74, 6) is -0.420. The van der Waals surface area contributed by atoms with Crippen molar-refractivity contribution >= 4 is 29.1 Å². The van der Waals surface area contributed by atoms with Crippen LogP contribution >= 0.6 is 11.6 Å². The Balaban J connectivity index is 1.80. The molecule has 0 radical (unpaired) electrons. The molecule has 2 amide bonds. The molecule has 0 aromatic heterocycles. The van der Waals surface area contributed by atoms with Crippen molar-refractivity contribution in [3.05, 3.63) is 69.8 Å². The highest BCUT2D eigenvalue weighted by Gasteiger charge is 2.26. The predicted molar refractivity (Wildman–Crippen MR) is 124 cm³/mol. The summed E-state index contributed by atoms with van der Waals surface area (Å²) < 4.78 is 0. The minimum Gasteiger partial charge on any atom is -0.507 e. The number of aromatic hydroxyl groups is 1. The molecule has 31 heavy (non-hydrogen) atoms. The number of anilines is 1. The number of phenolic OH excluding ortho intramolecular Hbond substituents is 1. The fourth-order valence-corrected chi connectivity index (χ4v) is 3.79. The fraction of sp³-hybridized carbons (Fsp3) is 0.333. The minimum absolute atomic E-state index is 0.0683. The van der Waals surface area contributed by atoms with E-state index in [1.165, 1.54) is 6.07 Å². The number of amides is 2. The van der Waals surface area contributed by atoms with E-state index in [0.717, 1.165) is 16.8 Å². The van der Waals surface area contributed by atoms with E-state index in [1.807, 2.05) is 43.3 Å². The highest BCUT2D eigenvalue weighted by Crippen LogP contribution is 2.31. The second-order valence-electron chi connectivity index (χ2n) is 8.06. The number of hydrogen-bond acceptors (Lipinski definition) is 4. The van der Waals surface area contributed by atoms with Gasteiger partial charge in [-0.3, -0.25) is 9.59 Å². The predicted octanol–water partition coefficient (Wildman–Crippen LogP) is 3.63. The maximum absolute atomic E-state index is 13.1. The number of nitrogens with zero attached hydrogens (tertiary/aromatic N) is 3. The molecule has 0 saturated heterocycles. The van der Waals surface area contributed by atoms with E-state index in [-0.39, 0.29) is 23.1 Å². The van der Waals surface area contributed by atoms with Gasteiger partial charge in [-0.25, -0.2) is 0 Å². The van der Waals surface area contributed by atoms with Crippen molar-refractivity contribution in [2.75, 3.05) is 39.1 Å². The molecule has 1 aliphatic heterocycles. The van der Waals surface area contributed by atoms with Crippen molar-refractivity contribution in [2.45, 2.75) is 19.9 Å². The van der Waals surface area contributed by atoms with E-state index in [2.05, 4.69) is 0 Å². The monoisotopic (exact) mass is 441 g/mol. The standard InChI is InChI=1S/C24H28ClN3O3/c1-16-20(25)9-10-21(29)23(16)24(31)28-13-11-17-7-8-19(14-18(17)15-28)27(4)22(30)6-5-12-26(2)3/h5-10,14,29H,11-13,15H2,1-4H3/b6-5+. The summed E-state index contributed by atoms with van der Waals surface area (Å²) in [4.78, 5) is 30.9. The maximum atomic E-state index is 13.1. The van der Waals surface area contributed by atoms with Gasteiger partial charge >= 0.3 is 0 Å². The molecule has 0 fully saturated rings. The number of benzene rings is 2. The summed E-state index contributed by atoms with van der Waals surface area (Å²) >= 11 is 6.16. The van der Waals surface area contributed by atoms with Crippen LogP contribution in [0.25, 0.3) is 0 Å². The van der Waals surface area contributed by atoms with Crippen LogP contribution in [0.1, 0.15) is 27.0 Å². The van der Waals surface area contributed by atoms with Gasteiger partial charge in [-0.2, -0.15) is 0 Å². The first-order valence-electron chi connectivity index (χ1n) is 10.2. The summed E-state index contributed by atoms with van der Waals surface area (Å²) in [5, 5.41) is 10.7. The van der Waals surface area contributed by atoms with Gasteiger partial charge in [-0.05, 0) is 68.4 Å². The molecule has 1 N–H and O–H groups in total. The van der Waals surface area contributed by atoms with Crippen molar-refractivity contribution < 1.29 is 14.7 Å². The Morgan fingerprint density at radius 2 is 1.90 bits per heavy atom. The van der Waals surface area contributed by atoms with E-state index in [1.54, 1.807) is 35.9 Å². The lowest BCUT2D eigenvalue weighted by molar-refractivity contribution is -0.113. The highest BCUT2D eigenvalue weighted by molar-refractivity contribution is 6.32. The number of likely N-dealkylation sites (N-methyl/N-ethyl adjacent to an activating group) is 2. The summed E-state index contributed by atoms with van der Waals surface area (Å²) in [6, 6.07) is 8.93. The Kier molecular flexibility index (Phi) is 7.03. The number of halogens is 1.